The van der Waals surface area contributed by atoms with Crippen LogP contribution in [-0.2, 0) is 4.74 Å². The van der Waals surface area contributed by atoms with Crippen molar-refractivity contribution in [3.05, 3.63) is 24.2 Å². The predicted octanol–water partition coefficient (Wildman–Crippen LogP) is 4.11. The molecule has 1 aliphatic rings. The molecule has 4 heteroatoms. The summed E-state index contributed by atoms with van der Waals surface area (Å²) in [5, 5.41) is 8.18. The van der Waals surface area contributed by atoms with E-state index >= 15 is 0 Å². The average Bonchev–Trinajstić information content (AvgIpc) is 2.87. The summed E-state index contributed by atoms with van der Waals surface area (Å²) in [4.78, 5) is 9.97. The molecule has 2 heterocycles. The van der Waals surface area contributed by atoms with E-state index in [4.69, 9.17) is 9.84 Å². The van der Waals surface area contributed by atoms with Crippen LogP contribution in [0.1, 0.15) is 62.4 Å². The molecule has 1 aromatic rings. The molecule has 0 aliphatic carbocycles. The van der Waals surface area contributed by atoms with Crippen LogP contribution in [0.15, 0.2) is 22.8 Å². The summed E-state index contributed by atoms with van der Waals surface area (Å²) in [6.45, 7) is 3.24. The van der Waals surface area contributed by atoms with Gasteiger partial charge in [-0.05, 0) is 31.4 Å². The van der Waals surface area contributed by atoms with Crippen LogP contribution < -0.4 is 0 Å². The van der Waals surface area contributed by atoms with Gasteiger partial charge in [0.05, 0.1) is 12.4 Å². The Kier molecular flexibility index (Phi) is 7.98. The van der Waals surface area contributed by atoms with E-state index in [0.29, 0.717) is 6.10 Å². The van der Waals surface area contributed by atoms with E-state index in [1.54, 1.807) is 0 Å². The molecule has 1 aromatic heterocycles. The van der Waals surface area contributed by atoms with E-state index in [-0.39, 0.29) is 5.76 Å². The summed E-state index contributed by atoms with van der Waals surface area (Å²) in [7, 11) is 0. The van der Waals surface area contributed by atoms with Gasteiger partial charge in [-0.25, -0.2) is 4.79 Å². The first-order valence-electron chi connectivity index (χ1n) is 7.12. The zero-order valence-corrected chi connectivity index (χ0v) is 11.6. The molecule has 0 saturated carbocycles. The third-order valence-corrected chi connectivity index (χ3v) is 3.12. The van der Waals surface area contributed by atoms with Crippen molar-refractivity contribution in [1.82, 2.24) is 0 Å². The molecule has 1 fully saturated rings. The molecular formula is C15H24O4. The Labute approximate surface area is 114 Å². The van der Waals surface area contributed by atoms with Crippen LogP contribution in [0.3, 0.4) is 0 Å². The summed E-state index contributed by atoms with van der Waals surface area (Å²) in [5.41, 5.74) is 0. The Morgan fingerprint density at radius 2 is 2.16 bits per heavy atom. The monoisotopic (exact) mass is 268 g/mol. The molecule has 0 spiro atoms. The molecule has 1 aliphatic heterocycles. The Hall–Kier alpha value is -1.29. The van der Waals surface area contributed by atoms with Gasteiger partial charge in [-0.1, -0.05) is 32.6 Å². The lowest BCUT2D eigenvalue weighted by molar-refractivity contribution is 0.0298. The van der Waals surface area contributed by atoms with Gasteiger partial charge in [0, 0.05) is 6.61 Å². The Balaban J connectivity index is 0.000000200. The van der Waals surface area contributed by atoms with E-state index in [2.05, 4.69) is 11.3 Å². The van der Waals surface area contributed by atoms with E-state index in [9.17, 15) is 4.79 Å². The molecule has 0 bridgehead atoms. The molecule has 4 nitrogen and oxygen atoms in total. The van der Waals surface area contributed by atoms with Crippen LogP contribution in [0.5, 0.6) is 0 Å². The van der Waals surface area contributed by atoms with Gasteiger partial charge in [0.15, 0.2) is 0 Å². The van der Waals surface area contributed by atoms with Crippen molar-refractivity contribution in [1.29, 1.82) is 0 Å². The summed E-state index contributed by atoms with van der Waals surface area (Å²) in [6.07, 6.45) is 11.2. The van der Waals surface area contributed by atoms with Crippen molar-refractivity contribution in [3.8, 4) is 0 Å². The average molecular weight is 268 g/mol. The topological polar surface area (TPSA) is 59.7 Å². The molecule has 19 heavy (non-hydrogen) atoms. The van der Waals surface area contributed by atoms with Gasteiger partial charge >= 0.3 is 5.97 Å². The van der Waals surface area contributed by atoms with Crippen LogP contribution in [-0.4, -0.2) is 23.8 Å². The minimum atomic E-state index is -1.03. The van der Waals surface area contributed by atoms with Crippen molar-refractivity contribution in [2.75, 3.05) is 6.61 Å². The normalized spacial score (nSPS) is 19.7. The quantitative estimate of drug-likeness (QED) is 0.896. The van der Waals surface area contributed by atoms with Gasteiger partial charge in [0.1, 0.15) is 0 Å². The van der Waals surface area contributed by atoms with E-state index in [1.807, 2.05) is 0 Å². The number of hydrogen-bond donors (Lipinski definition) is 1. The highest BCUT2D eigenvalue weighted by Gasteiger charge is 2.09. The lowest BCUT2D eigenvalue weighted by atomic mass is 10.0. The van der Waals surface area contributed by atoms with Crippen molar-refractivity contribution >= 4 is 5.97 Å². The Bertz CT molecular complexity index is 324. The molecule has 2 rings (SSSR count). The van der Waals surface area contributed by atoms with Crippen LogP contribution in [0.25, 0.3) is 0 Å². The largest absolute Gasteiger partial charge is 0.475 e. The Morgan fingerprint density at radius 1 is 1.37 bits per heavy atom. The zero-order valence-electron chi connectivity index (χ0n) is 11.6. The zero-order chi connectivity index (χ0) is 13.9. The van der Waals surface area contributed by atoms with E-state index in [0.717, 1.165) is 6.61 Å². The summed E-state index contributed by atoms with van der Waals surface area (Å²) < 4.78 is 10.2. The third-order valence-electron chi connectivity index (χ3n) is 3.12. The number of rotatable bonds is 3. The number of aromatic carboxylic acids is 1. The maximum Gasteiger partial charge on any atom is 0.371 e. The van der Waals surface area contributed by atoms with Crippen molar-refractivity contribution in [2.24, 2.45) is 0 Å². The van der Waals surface area contributed by atoms with Crippen LogP contribution in [0.4, 0.5) is 0 Å². The first-order chi connectivity index (χ1) is 9.24. The SMILES string of the molecule is CCCC1CCCCCCO1.O=C(O)c1ccco1. The fraction of sp³-hybridized carbons (Fsp3) is 0.667. The number of carboxylic acid groups (broad SMARTS) is 1. The molecule has 1 saturated heterocycles. The second-order valence-corrected chi connectivity index (χ2v) is 4.77. The standard InChI is InChI=1S/C10H20O.C5H4O3/c1-2-7-10-8-5-3-4-6-9-11-10;6-5(7)4-2-1-3-8-4/h10H,2-9H2,1H3;1-3H,(H,6,7). The highest BCUT2D eigenvalue weighted by molar-refractivity contribution is 5.84. The first-order valence-corrected chi connectivity index (χ1v) is 7.12. The van der Waals surface area contributed by atoms with E-state index in [1.165, 1.54) is 63.3 Å². The van der Waals surface area contributed by atoms with Gasteiger partial charge in [-0.3, -0.25) is 0 Å². The highest BCUT2D eigenvalue weighted by Crippen LogP contribution is 2.16. The number of furan rings is 1. The molecule has 0 amide bonds. The Morgan fingerprint density at radius 3 is 2.74 bits per heavy atom. The minimum Gasteiger partial charge on any atom is -0.475 e. The van der Waals surface area contributed by atoms with Crippen LogP contribution in [0.2, 0.25) is 0 Å². The highest BCUT2D eigenvalue weighted by atomic mass is 16.5. The molecule has 0 aromatic carbocycles. The van der Waals surface area contributed by atoms with Crippen molar-refractivity contribution < 1.29 is 19.1 Å². The summed E-state index contributed by atoms with van der Waals surface area (Å²) >= 11 is 0. The van der Waals surface area contributed by atoms with Gasteiger partial charge < -0.3 is 14.3 Å². The van der Waals surface area contributed by atoms with Gasteiger partial charge in [0.2, 0.25) is 5.76 Å². The molecule has 1 unspecified atom stereocenters. The van der Waals surface area contributed by atoms with Gasteiger partial charge in [-0.2, -0.15) is 0 Å². The smallest absolute Gasteiger partial charge is 0.371 e. The lowest BCUT2D eigenvalue weighted by Gasteiger charge is -2.19. The molecule has 0 radical (unpaired) electrons. The fourth-order valence-corrected chi connectivity index (χ4v) is 2.11. The number of ether oxygens (including phenoxy) is 1. The summed E-state index contributed by atoms with van der Waals surface area (Å²) in [5.74, 6) is -1.06. The van der Waals surface area contributed by atoms with Crippen molar-refractivity contribution in [2.45, 2.75) is 58.0 Å². The first kappa shape index (κ1) is 15.8. The second-order valence-electron chi connectivity index (χ2n) is 4.77. The van der Waals surface area contributed by atoms with Crippen molar-refractivity contribution in [3.63, 3.8) is 0 Å². The van der Waals surface area contributed by atoms with Crippen LogP contribution in [0, 0.1) is 0 Å². The minimum absolute atomic E-state index is 0.0231. The van der Waals surface area contributed by atoms with E-state index < -0.39 is 5.97 Å². The maximum absolute atomic E-state index is 9.97. The molecule has 1 atom stereocenters. The lowest BCUT2D eigenvalue weighted by Crippen LogP contribution is -2.15. The summed E-state index contributed by atoms with van der Waals surface area (Å²) in [6, 6.07) is 2.92. The second kappa shape index (κ2) is 9.62. The number of carbonyl (C=O) groups is 1. The number of carboxylic acids is 1. The maximum atomic E-state index is 9.97. The molecule has 1 N–H and O–H groups in total. The predicted molar refractivity (Wildman–Crippen MR) is 73.4 cm³/mol. The molecular weight excluding hydrogens is 244 g/mol. The molecule has 108 valence electrons. The van der Waals surface area contributed by atoms with Crippen LogP contribution >= 0.6 is 0 Å². The van der Waals surface area contributed by atoms with Gasteiger partial charge in [-0.15, -0.1) is 0 Å². The fourth-order valence-electron chi connectivity index (χ4n) is 2.11. The third kappa shape index (κ3) is 7.01. The number of hydrogen-bond acceptors (Lipinski definition) is 3. The van der Waals surface area contributed by atoms with Gasteiger partial charge in [0.25, 0.3) is 0 Å².